The summed E-state index contributed by atoms with van der Waals surface area (Å²) >= 11 is 0. The molecule has 2 heterocycles. The second-order valence-electron chi connectivity index (χ2n) is 5.62. The minimum atomic E-state index is -0.0453. The maximum atomic E-state index is 8.79. The molecule has 0 bridgehead atoms. The largest absolute Gasteiger partial charge is 0.492 e. The zero-order valence-corrected chi connectivity index (χ0v) is 13.8. The third-order valence-electron chi connectivity index (χ3n) is 4.08. The summed E-state index contributed by atoms with van der Waals surface area (Å²) in [6, 6.07) is 9.27. The zero-order valence-electron chi connectivity index (χ0n) is 13.8. The SMILES string of the molecule is CCn1cnnc1[C@@H]1CN(CCOc2ccc(C#N)cc2)CCO1. The van der Waals surface area contributed by atoms with Crippen LogP contribution in [-0.4, -0.2) is 52.5 Å². The van der Waals surface area contributed by atoms with Crippen molar-refractivity contribution in [3.63, 3.8) is 0 Å². The van der Waals surface area contributed by atoms with Gasteiger partial charge in [0.25, 0.3) is 0 Å². The highest BCUT2D eigenvalue weighted by Gasteiger charge is 2.25. The normalized spacial score (nSPS) is 18.2. The predicted octanol–water partition coefficient (Wildman–Crippen LogP) is 1.62. The molecule has 0 spiro atoms. The molecule has 1 fully saturated rings. The third kappa shape index (κ3) is 3.91. The lowest BCUT2D eigenvalue weighted by Gasteiger charge is -2.32. The lowest BCUT2D eigenvalue weighted by molar-refractivity contribution is -0.0387. The van der Waals surface area contributed by atoms with E-state index in [1.165, 1.54) is 0 Å². The molecule has 126 valence electrons. The van der Waals surface area contributed by atoms with E-state index in [9.17, 15) is 0 Å². The highest BCUT2D eigenvalue weighted by atomic mass is 16.5. The fraction of sp³-hybridized carbons (Fsp3) is 0.471. The summed E-state index contributed by atoms with van der Waals surface area (Å²) in [5.41, 5.74) is 0.637. The number of benzene rings is 1. The lowest BCUT2D eigenvalue weighted by atomic mass is 10.2. The molecule has 2 aromatic rings. The first-order chi connectivity index (χ1) is 11.8. The van der Waals surface area contributed by atoms with Crippen LogP contribution in [0.15, 0.2) is 30.6 Å². The number of hydrogen-bond acceptors (Lipinski definition) is 6. The van der Waals surface area contributed by atoms with Crippen LogP contribution in [0.4, 0.5) is 0 Å². The van der Waals surface area contributed by atoms with Crippen molar-refractivity contribution in [3.8, 4) is 11.8 Å². The average molecular weight is 327 g/mol. The van der Waals surface area contributed by atoms with Crippen LogP contribution in [0.1, 0.15) is 24.4 Å². The Kier molecular flexibility index (Phi) is 5.41. The van der Waals surface area contributed by atoms with Gasteiger partial charge >= 0.3 is 0 Å². The van der Waals surface area contributed by atoms with E-state index in [0.29, 0.717) is 18.8 Å². The number of aryl methyl sites for hydroxylation is 1. The summed E-state index contributed by atoms with van der Waals surface area (Å²) < 4.78 is 13.6. The Morgan fingerprint density at radius 1 is 1.38 bits per heavy atom. The first-order valence-electron chi connectivity index (χ1n) is 8.14. The Morgan fingerprint density at radius 2 is 2.21 bits per heavy atom. The van der Waals surface area contributed by atoms with Gasteiger partial charge in [-0.05, 0) is 31.2 Å². The zero-order chi connectivity index (χ0) is 16.8. The molecule has 0 aliphatic carbocycles. The highest BCUT2D eigenvalue weighted by Crippen LogP contribution is 2.20. The van der Waals surface area contributed by atoms with E-state index in [-0.39, 0.29) is 6.10 Å². The quantitative estimate of drug-likeness (QED) is 0.802. The fourth-order valence-electron chi connectivity index (χ4n) is 2.74. The van der Waals surface area contributed by atoms with Gasteiger partial charge in [0, 0.05) is 26.2 Å². The van der Waals surface area contributed by atoms with Gasteiger partial charge in [-0.1, -0.05) is 0 Å². The molecule has 1 atom stereocenters. The summed E-state index contributed by atoms with van der Waals surface area (Å²) in [5, 5.41) is 17.0. The van der Waals surface area contributed by atoms with Crippen molar-refractivity contribution in [1.82, 2.24) is 19.7 Å². The summed E-state index contributed by atoms with van der Waals surface area (Å²) in [4.78, 5) is 2.31. The summed E-state index contributed by atoms with van der Waals surface area (Å²) in [5.74, 6) is 1.67. The van der Waals surface area contributed by atoms with Gasteiger partial charge in [-0.25, -0.2) is 0 Å². The fourth-order valence-corrected chi connectivity index (χ4v) is 2.74. The number of nitriles is 1. The highest BCUT2D eigenvalue weighted by molar-refractivity contribution is 5.34. The Morgan fingerprint density at radius 3 is 2.96 bits per heavy atom. The van der Waals surface area contributed by atoms with Crippen LogP contribution < -0.4 is 4.74 Å². The van der Waals surface area contributed by atoms with E-state index in [0.717, 1.165) is 37.8 Å². The van der Waals surface area contributed by atoms with Gasteiger partial charge in [0.15, 0.2) is 5.82 Å². The molecule has 0 unspecified atom stereocenters. The lowest BCUT2D eigenvalue weighted by Crippen LogP contribution is -2.41. The average Bonchev–Trinajstić information content (AvgIpc) is 3.11. The van der Waals surface area contributed by atoms with Crippen LogP contribution in [0.5, 0.6) is 5.75 Å². The predicted molar refractivity (Wildman–Crippen MR) is 87.5 cm³/mol. The second-order valence-corrected chi connectivity index (χ2v) is 5.62. The van der Waals surface area contributed by atoms with Gasteiger partial charge < -0.3 is 14.0 Å². The van der Waals surface area contributed by atoms with Crippen LogP contribution >= 0.6 is 0 Å². The van der Waals surface area contributed by atoms with Crippen LogP contribution in [0.2, 0.25) is 0 Å². The van der Waals surface area contributed by atoms with E-state index in [4.69, 9.17) is 14.7 Å². The first kappa shape index (κ1) is 16.4. The smallest absolute Gasteiger partial charge is 0.163 e. The Hall–Kier alpha value is -2.43. The van der Waals surface area contributed by atoms with Crippen molar-refractivity contribution in [2.24, 2.45) is 0 Å². The molecule has 7 nitrogen and oxygen atoms in total. The number of hydrogen-bond donors (Lipinski definition) is 0. The van der Waals surface area contributed by atoms with E-state index < -0.39 is 0 Å². The van der Waals surface area contributed by atoms with E-state index in [1.54, 1.807) is 18.5 Å². The number of aromatic nitrogens is 3. The molecule has 1 aromatic carbocycles. The van der Waals surface area contributed by atoms with Gasteiger partial charge in [-0.2, -0.15) is 5.26 Å². The Bertz CT molecular complexity index is 692. The topological polar surface area (TPSA) is 76.2 Å². The van der Waals surface area contributed by atoms with E-state index in [2.05, 4.69) is 28.1 Å². The van der Waals surface area contributed by atoms with Crippen molar-refractivity contribution in [2.75, 3.05) is 32.8 Å². The molecule has 1 aliphatic heterocycles. The van der Waals surface area contributed by atoms with Crippen LogP contribution in [0.3, 0.4) is 0 Å². The van der Waals surface area contributed by atoms with Crippen LogP contribution in [0.25, 0.3) is 0 Å². The summed E-state index contributed by atoms with van der Waals surface area (Å²) in [6.07, 6.45) is 1.70. The van der Waals surface area contributed by atoms with Crippen LogP contribution in [0, 0.1) is 11.3 Å². The molecule has 1 aliphatic rings. The molecular formula is C17H21N5O2. The van der Waals surface area contributed by atoms with Crippen molar-refractivity contribution >= 4 is 0 Å². The minimum absolute atomic E-state index is 0.0453. The minimum Gasteiger partial charge on any atom is -0.492 e. The molecule has 0 radical (unpaired) electrons. The van der Waals surface area contributed by atoms with Gasteiger partial charge in [0.1, 0.15) is 24.8 Å². The molecule has 0 amide bonds. The summed E-state index contributed by atoms with van der Waals surface area (Å²) in [6.45, 7) is 6.67. The number of morpholine rings is 1. The molecular weight excluding hydrogens is 306 g/mol. The van der Waals surface area contributed by atoms with Crippen LogP contribution in [-0.2, 0) is 11.3 Å². The van der Waals surface area contributed by atoms with Gasteiger partial charge in [0.05, 0.1) is 18.2 Å². The number of ether oxygens (including phenoxy) is 2. The molecule has 7 heteroatoms. The van der Waals surface area contributed by atoms with Gasteiger partial charge in [-0.15, -0.1) is 10.2 Å². The summed E-state index contributed by atoms with van der Waals surface area (Å²) in [7, 11) is 0. The van der Waals surface area contributed by atoms with E-state index in [1.807, 2.05) is 16.7 Å². The van der Waals surface area contributed by atoms with E-state index >= 15 is 0 Å². The standard InChI is InChI=1S/C17H21N5O2/c1-2-22-13-19-20-17(22)16-12-21(8-10-24-16)7-9-23-15-5-3-14(11-18)4-6-15/h3-6,13,16H,2,7-10,12H2,1H3/t16-/m0/s1. The number of nitrogens with zero attached hydrogens (tertiary/aromatic N) is 5. The van der Waals surface area contributed by atoms with Crippen molar-refractivity contribution in [2.45, 2.75) is 19.6 Å². The van der Waals surface area contributed by atoms with Crippen molar-refractivity contribution in [1.29, 1.82) is 5.26 Å². The first-order valence-corrected chi connectivity index (χ1v) is 8.14. The Balaban J connectivity index is 1.49. The molecule has 1 saturated heterocycles. The monoisotopic (exact) mass is 327 g/mol. The Labute approximate surface area is 141 Å². The maximum absolute atomic E-state index is 8.79. The van der Waals surface area contributed by atoms with Gasteiger partial charge in [-0.3, -0.25) is 4.90 Å². The van der Waals surface area contributed by atoms with Crippen molar-refractivity contribution < 1.29 is 9.47 Å². The molecule has 0 N–H and O–H groups in total. The molecule has 3 rings (SSSR count). The number of rotatable bonds is 6. The third-order valence-corrected chi connectivity index (χ3v) is 4.08. The molecule has 24 heavy (non-hydrogen) atoms. The van der Waals surface area contributed by atoms with Gasteiger partial charge in [0.2, 0.25) is 0 Å². The maximum Gasteiger partial charge on any atom is 0.163 e. The molecule has 1 aromatic heterocycles. The second kappa shape index (κ2) is 7.90. The van der Waals surface area contributed by atoms with Crippen molar-refractivity contribution in [3.05, 3.63) is 42.0 Å². The molecule has 0 saturated carbocycles.